The summed E-state index contributed by atoms with van der Waals surface area (Å²) in [5.41, 5.74) is 1.89. The molecule has 3 heterocycles. The lowest BCUT2D eigenvalue weighted by Gasteiger charge is -2.34. The van der Waals surface area contributed by atoms with Crippen LogP contribution in [0.4, 0.5) is 0 Å². The van der Waals surface area contributed by atoms with E-state index in [0.717, 1.165) is 17.1 Å². The molecule has 0 radical (unpaired) electrons. The zero-order valence-corrected chi connectivity index (χ0v) is 19.2. The Morgan fingerprint density at radius 1 is 0.824 bits per heavy atom. The summed E-state index contributed by atoms with van der Waals surface area (Å²) in [6, 6.07) is 23.1. The van der Waals surface area contributed by atoms with Gasteiger partial charge in [0, 0.05) is 37.4 Å². The molecule has 1 aliphatic heterocycles. The minimum atomic E-state index is -0.143. The number of rotatable bonds is 6. The molecule has 1 fully saturated rings. The maximum Gasteiger partial charge on any atom is 0.289 e. The van der Waals surface area contributed by atoms with Gasteiger partial charge in [-0.1, -0.05) is 60.3 Å². The van der Waals surface area contributed by atoms with Gasteiger partial charge in [0.05, 0.1) is 12.0 Å². The normalized spacial score (nSPS) is 13.8. The van der Waals surface area contributed by atoms with Crippen LogP contribution in [0.2, 0.25) is 0 Å². The summed E-state index contributed by atoms with van der Waals surface area (Å²) in [6.07, 6.45) is 1.49. The van der Waals surface area contributed by atoms with Crippen LogP contribution in [0, 0.1) is 0 Å². The van der Waals surface area contributed by atoms with Crippen molar-refractivity contribution in [2.24, 2.45) is 0 Å². The van der Waals surface area contributed by atoms with E-state index in [1.807, 2.05) is 65.2 Å². The third-order valence-electron chi connectivity index (χ3n) is 5.66. The highest BCUT2D eigenvalue weighted by Crippen LogP contribution is 2.28. The Kier molecular flexibility index (Phi) is 6.44. The van der Waals surface area contributed by atoms with E-state index in [9.17, 15) is 9.59 Å². The average Bonchev–Trinajstić information content (AvgIpc) is 3.59. The van der Waals surface area contributed by atoms with Crippen LogP contribution >= 0.6 is 11.8 Å². The van der Waals surface area contributed by atoms with Crippen molar-refractivity contribution in [3.8, 4) is 17.1 Å². The number of para-hydroxylation sites is 1. The molecule has 4 aromatic rings. The van der Waals surface area contributed by atoms with Gasteiger partial charge in [0.1, 0.15) is 0 Å². The van der Waals surface area contributed by atoms with Crippen LogP contribution in [-0.2, 0) is 4.79 Å². The zero-order valence-electron chi connectivity index (χ0n) is 18.4. The van der Waals surface area contributed by atoms with Crippen molar-refractivity contribution in [1.82, 2.24) is 24.6 Å². The van der Waals surface area contributed by atoms with Crippen LogP contribution in [0.15, 0.2) is 88.6 Å². The molecule has 0 bridgehead atoms. The molecule has 1 aliphatic rings. The standard InChI is InChI=1S/C25H23N5O3S/c31-22(28-13-15-29(16-14-28)24(32)21-12-7-17-33-21)18-34-25-27-26-23(19-8-3-1-4-9-19)30(25)20-10-5-2-6-11-20/h1-12,17H,13-16,18H2. The third-order valence-corrected chi connectivity index (χ3v) is 6.57. The number of aromatic nitrogens is 3. The Labute approximate surface area is 201 Å². The number of hydrogen-bond acceptors (Lipinski definition) is 6. The number of carbonyl (C=O) groups excluding carboxylic acids is 2. The lowest BCUT2D eigenvalue weighted by atomic mass is 10.2. The van der Waals surface area contributed by atoms with Crippen LogP contribution < -0.4 is 0 Å². The predicted octanol–water partition coefficient (Wildman–Crippen LogP) is 3.60. The van der Waals surface area contributed by atoms with Crippen molar-refractivity contribution in [1.29, 1.82) is 0 Å². The van der Waals surface area contributed by atoms with Gasteiger partial charge in [-0.25, -0.2) is 0 Å². The molecule has 1 saturated heterocycles. The molecule has 0 spiro atoms. The quantitative estimate of drug-likeness (QED) is 0.398. The third kappa shape index (κ3) is 4.60. The lowest BCUT2D eigenvalue weighted by molar-refractivity contribution is -0.129. The van der Waals surface area contributed by atoms with Crippen LogP contribution in [-0.4, -0.2) is 68.3 Å². The Hall–Kier alpha value is -3.85. The predicted molar refractivity (Wildman–Crippen MR) is 129 cm³/mol. The van der Waals surface area contributed by atoms with Crippen molar-refractivity contribution < 1.29 is 14.0 Å². The second-order valence-corrected chi connectivity index (χ2v) is 8.72. The van der Waals surface area contributed by atoms with Gasteiger partial charge in [-0.2, -0.15) is 0 Å². The van der Waals surface area contributed by atoms with Gasteiger partial charge in [-0.15, -0.1) is 10.2 Å². The van der Waals surface area contributed by atoms with Gasteiger partial charge in [0.2, 0.25) is 5.91 Å². The largest absolute Gasteiger partial charge is 0.459 e. The first-order valence-corrected chi connectivity index (χ1v) is 12.0. The van der Waals surface area contributed by atoms with E-state index in [4.69, 9.17) is 4.42 Å². The van der Waals surface area contributed by atoms with E-state index in [1.54, 1.807) is 21.9 Å². The van der Waals surface area contributed by atoms with Crippen LogP contribution in [0.25, 0.3) is 17.1 Å². The van der Waals surface area contributed by atoms with Gasteiger partial charge in [-0.05, 0) is 24.3 Å². The summed E-state index contributed by atoms with van der Waals surface area (Å²) >= 11 is 1.37. The van der Waals surface area contributed by atoms with E-state index < -0.39 is 0 Å². The highest BCUT2D eigenvalue weighted by molar-refractivity contribution is 7.99. The molecular formula is C25H23N5O3S. The number of nitrogens with zero attached hydrogens (tertiary/aromatic N) is 5. The number of amides is 2. The molecule has 34 heavy (non-hydrogen) atoms. The minimum absolute atomic E-state index is 0.0129. The molecule has 8 nitrogen and oxygen atoms in total. The summed E-state index contributed by atoms with van der Waals surface area (Å²) in [4.78, 5) is 28.9. The lowest BCUT2D eigenvalue weighted by Crippen LogP contribution is -2.51. The Morgan fingerprint density at radius 2 is 1.50 bits per heavy atom. The second-order valence-electron chi connectivity index (χ2n) is 7.78. The van der Waals surface area contributed by atoms with Gasteiger partial charge in [0.15, 0.2) is 16.7 Å². The molecule has 5 rings (SSSR count). The molecule has 9 heteroatoms. The van der Waals surface area contributed by atoms with Gasteiger partial charge >= 0.3 is 0 Å². The molecule has 0 saturated carbocycles. The highest BCUT2D eigenvalue weighted by Gasteiger charge is 2.26. The van der Waals surface area contributed by atoms with Crippen molar-refractivity contribution in [3.05, 3.63) is 84.8 Å². The van der Waals surface area contributed by atoms with E-state index >= 15 is 0 Å². The SMILES string of the molecule is O=C(CSc1nnc(-c2ccccc2)n1-c1ccccc1)N1CCN(C(=O)c2ccco2)CC1. The van der Waals surface area contributed by atoms with Crippen LogP contribution in [0.1, 0.15) is 10.6 Å². The maximum atomic E-state index is 12.9. The maximum absolute atomic E-state index is 12.9. The fourth-order valence-corrected chi connectivity index (χ4v) is 4.73. The van der Waals surface area contributed by atoms with Gasteiger partial charge in [-0.3, -0.25) is 14.2 Å². The zero-order chi connectivity index (χ0) is 23.3. The van der Waals surface area contributed by atoms with E-state index in [0.29, 0.717) is 37.1 Å². The summed E-state index contributed by atoms with van der Waals surface area (Å²) in [6.45, 7) is 1.95. The average molecular weight is 474 g/mol. The number of thioether (sulfide) groups is 1. The first kappa shape index (κ1) is 22.0. The Balaban J connectivity index is 1.26. The van der Waals surface area contributed by atoms with E-state index in [2.05, 4.69) is 10.2 Å². The highest BCUT2D eigenvalue weighted by atomic mass is 32.2. The Bertz CT molecular complexity index is 1250. The van der Waals surface area contributed by atoms with Gasteiger partial charge < -0.3 is 14.2 Å². The number of benzene rings is 2. The molecular weight excluding hydrogens is 450 g/mol. The summed E-state index contributed by atoms with van der Waals surface area (Å²) < 4.78 is 7.18. The topological polar surface area (TPSA) is 84.5 Å². The van der Waals surface area contributed by atoms with E-state index in [-0.39, 0.29) is 17.6 Å². The molecule has 0 unspecified atom stereocenters. The van der Waals surface area contributed by atoms with E-state index in [1.165, 1.54) is 18.0 Å². The smallest absolute Gasteiger partial charge is 0.289 e. The minimum Gasteiger partial charge on any atom is -0.459 e. The first-order chi connectivity index (χ1) is 16.7. The monoisotopic (exact) mass is 473 g/mol. The fourth-order valence-electron chi connectivity index (χ4n) is 3.88. The summed E-state index contributed by atoms with van der Waals surface area (Å²) in [7, 11) is 0. The number of furan rings is 1. The molecule has 0 atom stereocenters. The number of hydrogen-bond donors (Lipinski definition) is 0. The second kappa shape index (κ2) is 9.96. The molecule has 2 amide bonds. The molecule has 2 aromatic carbocycles. The molecule has 172 valence electrons. The Morgan fingerprint density at radius 3 is 2.18 bits per heavy atom. The van der Waals surface area contributed by atoms with Gasteiger partial charge in [0.25, 0.3) is 5.91 Å². The van der Waals surface area contributed by atoms with Crippen molar-refractivity contribution in [2.45, 2.75) is 5.16 Å². The molecule has 0 aliphatic carbocycles. The van der Waals surface area contributed by atoms with Crippen molar-refractivity contribution in [2.75, 3.05) is 31.9 Å². The number of piperazine rings is 1. The number of carbonyl (C=O) groups is 2. The molecule has 0 N–H and O–H groups in total. The summed E-state index contributed by atoms with van der Waals surface area (Å²) in [5, 5.41) is 9.47. The summed E-state index contributed by atoms with van der Waals surface area (Å²) in [5.74, 6) is 1.16. The van der Waals surface area contributed by atoms with Crippen LogP contribution in [0.3, 0.4) is 0 Å². The van der Waals surface area contributed by atoms with Crippen molar-refractivity contribution in [3.63, 3.8) is 0 Å². The van der Waals surface area contributed by atoms with Crippen molar-refractivity contribution >= 4 is 23.6 Å². The molecule has 2 aromatic heterocycles. The van der Waals surface area contributed by atoms with Crippen LogP contribution in [0.5, 0.6) is 0 Å². The first-order valence-electron chi connectivity index (χ1n) is 11.0. The fraction of sp³-hybridized carbons (Fsp3) is 0.200.